The molecule has 0 spiro atoms. The van der Waals surface area contributed by atoms with Gasteiger partial charge in [-0.05, 0) is 0 Å². The highest BCUT2D eigenvalue weighted by atomic mass is 15.4. The van der Waals surface area contributed by atoms with Crippen LogP contribution in [0.5, 0.6) is 0 Å². The van der Waals surface area contributed by atoms with Crippen molar-refractivity contribution in [3.63, 3.8) is 0 Å². The van der Waals surface area contributed by atoms with Crippen molar-refractivity contribution in [1.29, 1.82) is 0 Å². The Morgan fingerprint density at radius 1 is 1.50 bits per heavy atom. The number of nitrogens with zero attached hydrogens (tertiary/aromatic N) is 4. The highest BCUT2D eigenvalue weighted by molar-refractivity contribution is 4.88. The summed E-state index contributed by atoms with van der Waals surface area (Å²) in [5, 5.41) is 9.41. The fraction of sp³-hybridized carbons (Fsp3) is 0.600. The third kappa shape index (κ3) is 0.795. The molecule has 1 aliphatic rings. The number of rotatable bonds is 0. The van der Waals surface area contributed by atoms with Crippen LogP contribution in [0, 0.1) is 0 Å². The molecule has 1 aromatic heterocycles. The lowest BCUT2D eigenvalue weighted by atomic mass is 10.4. The quantitative estimate of drug-likeness (QED) is 0.467. The van der Waals surface area contributed by atoms with Gasteiger partial charge in [-0.25, -0.2) is 5.01 Å². The van der Waals surface area contributed by atoms with Crippen LogP contribution in [-0.2, 0) is 13.1 Å². The van der Waals surface area contributed by atoms with Crippen LogP contribution in [0.25, 0.3) is 0 Å². The minimum Gasteiger partial charge on any atom is -0.315 e. The molecule has 2 N–H and O–H groups in total. The van der Waals surface area contributed by atoms with E-state index in [4.69, 9.17) is 5.84 Å². The van der Waals surface area contributed by atoms with Crippen molar-refractivity contribution in [2.75, 3.05) is 6.54 Å². The van der Waals surface area contributed by atoms with Gasteiger partial charge in [0.1, 0.15) is 12.2 Å². The maximum atomic E-state index is 5.56. The van der Waals surface area contributed by atoms with Gasteiger partial charge in [-0.2, -0.15) is 0 Å². The Morgan fingerprint density at radius 3 is 3.30 bits per heavy atom. The van der Waals surface area contributed by atoms with Crippen molar-refractivity contribution in [2.24, 2.45) is 5.84 Å². The highest BCUT2D eigenvalue weighted by Gasteiger charge is 2.13. The molecule has 0 saturated heterocycles. The van der Waals surface area contributed by atoms with Crippen molar-refractivity contribution in [3.05, 3.63) is 12.2 Å². The standard InChI is InChI=1S/C5H9N5/c6-10-2-1-9-4-7-8-5(9)3-10/h4H,1-3,6H2. The van der Waals surface area contributed by atoms with Crippen molar-refractivity contribution >= 4 is 0 Å². The van der Waals surface area contributed by atoms with Gasteiger partial charge in [0.05, 0.1) is 6.54 Å². The van der Waals surface area contributed by atoms with Gasteiger partial charge >= 0.3 is 0 Å². The summed E-state index contributed by atoms with van der Waals surface area (Å²) < 4.78 is 2.02. The largest absolute Gasteiger partial charge is 0.315 e. The minimum absolute atomic E-state index is 0.708. The number of hydrazine groups is 1. The van der Waals surface area contributed by atoms with Crippen molar-refractivity contribution < 1.29 is 0 Å². The van der Waals surface area contributed by atoms with Crippen LogP contribution in [0.3, 0.4) is 0 Å². The van der Waals surface area contributed by atoms with Crippen LogP contribution in [0.15, 0.2) is 6.33 Å². The molecule has 2 heterocycles. The SMILES string of the molecule is NN1CCn2cnnc2C1. The summed E-state index contributed by atoms with van der Waals surface area (Å²) in [6, 6.07) is 0. The van der Waals surface area contributed by atoms with E-state index in [2.05, 4.69) is 10.2 Å². The van der Waals surface area contributed by atoms with E-state index in [1.165, 1.54) is 0 Å². The molecule has 0 saturated carbocycles. The average molecular weight is 139 g/mol. The molecule has 0 aromatic carbocycles. The predicted molar refractivity (Wildman–Crippen MR) is 34.6 cm³/mol. The molecule has 0 radical (unpaired) electrons. The van der Waals surface area contributed by atoms with Gasteiger partial charge in [0.15, 0.2) is 0 Å². The summed E-state index contributed by atoms with van der Waals surface area (Å²) in [5.74, 6) is 6.51. The third-order valence-corrected chi connectivity index (χ3v) is 1.67. The molecule has 0 amide bonds. The second-order valence-corrected chi connectivity index (χ2v) is 2.41. The maximum Gasteiger partial charge on any atom is 0.148 e. The summed E-state index contributed by atoms with van der Waals surface area (Å²) in [5.41, 5.74) is 0. The van der Waals surface area contributed by atoms with Gasteiger partial charge in [-0.1, -0.05) is 0 Å². The minimum atomic E-state index is 0.708. The van der Waals surface area contributed by atoms with Gasteiger partial charge in [0, 0.05) is 13.1 Å². The van der Waals surface area contributed by atoms with Crippen LogP contribution in [0.2, 0.25) is 0 Å². The van der Waals surface area contributed by atoms with Crippen molar-refractivity contribution in [3.8, 4) is 0 Å². The number of fused-ring (bicyclic) bond motifs is 1. The van der Waals surface area contributed by atoms with Gasteiger partial charge in [0.25, 0.3) is 0 Å². The molecule has 0 unspecified atom stereocenters. The Balaban J connectivity index is 2.30. The van der Waals surface area contributed by atoms with E-state index in [1.807, 2.05) is 4.57 Å². The smallest absolute Gasteiger partial charge is 0.148 e. The van der Waals surface area contributed by atoms with Crippen molar-refractivity contribution in [2.45, 2.75) is 13.1 Å². The molecule has 0 aliphatic carbocycles. The normalized spacial score (nSPS) is 18.9. The first-order valence-corrected chi connectivity index (χ1v) is 3.22. The zero-order valence-electron chi connectivity index (χ0n) is 5.56. The summed E-state index contributed by atoms with van der Waals surface area (Å²) in [4.78, 5) is 0. The Kier molecular flexibility index (Phi) is 1.18. The van der Waals surface area contributed by atoms with Crippen LogP contribution in [0.1, 0.15) is 5.82 Å². The summed E-state index contributed by atoms with van der Waals surface area (Å²) >= 11 is 0. The van der Waals surface area contributed by atoms with Crippen LogP contribution >= 0.6 is 0 Å². The topological polar surface area (TPSA) is 60.0 Å². The molecule has 1 aromatic rings. The van der Waals surface area contributed by atoms with Crippen molar-refractivity contribution in [1.82, 2.24) is 19.8 Å². The molecule has 1 aliphatic heterocycles. The first-order valence-electron chi connectivity index (χ1n) is 3.22. The first kappa shape index (κ1) is 5.82. The number of aromatic nitrogens is 3. The molecular weight excluding hydrogens is 130 g/mol. The third-order valence-electron chi connectivity index (χ3n) is 1.67. The molecule has 0 fully saturated rings. The fourth-order valence-electron chi connectivity index (χ4n) is 1.09. The van der Waals surface area contributed by atoms with E-state index in [-0.39, 0.29) is 0 Å². The van der Waals surface area contributed by atoms with E-state index in [0.29, 0.717) is 6.54 Å². The molecule has 5 nitrogen and oxygen atoms in total. The second-order valence-electron chi connectivity index (χ2n) is 2.41. The lowest BCUT2D eigenvalue weighted by Gasteiger charge is -2.21. The van der Waals surface area contributed by atoms with Gasteiger partial charge in [-0.15, -0.1) is 10.2 Å². The molecule has 54 valence electrons. The molecule has 5 heteroatoms. The fourth-order valence-corrected chi connectivity index (χ4v) is 1.09. The highest BCUT2D eigenvalue weighted by Crippen LogP contribution is 2.03. The first-order chi connectivity index (χ1) is 4.86. The maximum absolute atomic E-state index is 5.56. The Morgan fingerprint density at radius 2 is 2.40 bits per heavy atom. The van der Waals surface area contributed by atoms with Gasteiger partial charge in [-0.3, -0.25) is 5.84 Å². The Labute approximate surface area is 58.4 Å². The number of hydrogen-bond donors (Lipinski definition) is 1. The molecule has 10 heavy (non-hydrogen) atoms. The molecule has 0 bridgehead atoms. The summed E-state index contributed by atoms with van der Waals surface area (Å²) in [6.45, 7) is 2.49. The molecule has 0 atom stereocenters. The zero-order chi connectivity index (χ0) is 6.97. The van der Waals surface area contributed by atoms with Gasteiger partial charge < -0.3 is 4.57 Å². The molecule has 2 rings (SSSR count). The van der Waals surface area contributed by atoms with Crippen LogP contribution in [0.4, 0.5) is 0 Å². The number of nitrogens with two attached hydrogens (primary N) is 1. The predicted octanol–water partition coefficient (Wildman–Crippen LogP) is -1.03. The van der Waals surface area contributed by atoms with Crippen LogP contribution < -0.4 is 5.84 Å². The van der Waals surface area contributed by atoms with E-state index in [0.717, 1.165) is 18.9 Å². The van der Waals surface area contributed by atoms with E-state index >= 15 is 0 Å². The second kappa shape index (κ2) is 2.03. The molecular formula is C5H9N5. The number of hydrogen-bond acceptors (Lipinski definition) is 4. The monoisotopic (exact) mass is 139 g/mol. The lowest BCUT2D eigenvalue weighted by Crippen LogP contribution is -2.38. The van der Waals surface area contributed by atoms with E-state index in [9.17, 15) is 0 Å². The Hall–Kier alpha value is -0.940. The average Bonchev–Trinajstić information content (AvgIpc) is 2.33. The van der Waals surface area contributed by atoms with E-state index in [1.54, 1.807) is 11.3 Å². The van der Waals surface area contributed by atoms with E-state index < -0.39 is 0 Å². The summed E-state index contributed by atoms with van der Waals surface area (Å²) in [6.07, 6.45) is 1.74. The van der Waals surface area contributed by atoms with Gasteiger partial charge in [0.2, 0.25) is 0 Å². The summed E-state index contributed by atoms with van der Waals surface area (Å²) in [7, 11) is 0. The van der Waals surface area contributed by atoms with Crippen LogP contribution in [-0.4, -0.2) is 26.3 Å². The zero-order valence-corrected chi connectivity index (χ0v) is 5.56. The Bertz CT molecular complexity index is 230. The lowest BCUT2D eigenvalue weighted by molar-refractivity contribution is 0.223.